The van der Waals surface area contributed by atoms with E-state index in [9.17, 15) is 4.79 Å². The van der Waals surface area contributed by atoms with Crippen molar-refractivity contribution in [3.63, 3.8) is 0 Å². The number of nitrogens with one attached hydrogen (secondary N) is 1. The Bertz CT molecular complexity index is 361. The van der Waals surface area contributed by atoms with Crippen molar-refractivity contribution in [3.8, 4) is 0 Å². The van der Waals surface area contributed by atoms with Crippen molar-refractivity contribution < 1.29 is 9.53 Å². The highest BCUT2D eigenvalue weighted by atomic mass is 16.5. The Morgan fingerprint density at radius 2 is 2.05 bits per heavy atom. The molecule has 2 rings (SSSR count). The van der Waals surface area contributed by atoms with E-state index in [1.807, 2.05) is 7.05 Å². The van der Waals surface area contributed by atoms with Crippen molar-refractivity contribution >= 4 is 5.91 Å². The summed E-state index contributed by atoms with van der Waals surface area (Å²) >= 11 is 0. The highest BCUT2D eigenvalue weighted by molar-refractivity contribution is 5.85. The molecule has 122 valence electrons. The van der Waals surface area contributed by atoms with Crippen LogP contribution in [0, 0.1) is 17.8 Å². The van der Waals surface area contributed by atoms with Crippen molar-refractivity contribution in [3.05, 3.63) is 0 Å². The van der Waals surface area contributed by atoms with E-state index in [0.29, 0.717) is 12.0 Å². The highest BCUT2D eigenvalue weighted by Crippen LogP contribution is 2.38. The van der Waals surface area contributed by atoms with Gasteiger partial charge in [-0.25, -0.2) is 0 Å². The van der Waals surface area contributed by atoms with Gasteiger partial charge >= 0.3 is 0 Å². The molecule has 0 heterocycles. The maximum atomic E-state index is 11.8. The van der Waals surface area contributed by atoms with Crippen molar-refractivity contribution in [1.82, 2.24) is 5.32 Å². The first-order valence-electron chi connectivity index (χ1n) is 8.60. The molecular formula is C17H32N2O2. The van der Waals surface area contributed by atoms with Gasteiger partial charge in [0.05, 0.1) is 6.10 Å². The molecule has 2 fully saturated rings. The molecule has 0 radical (unpaired) electrons. The number of nitrogens with two attached hydrogens (primary N) is 1. The summed E-state index contributed by atoms with van der Waals surface area (Å²) in [6.07, 6.45) is 8.00. The molecule has 2 aliphatic rings. The van der Waals surface area contributed by atoms with Crippen LogP contribution >= 0.6 is 0 Å². The predicted molar refractivity (Wildman–Crippen MR) is 84.9 cm³/mol. The first-order chi connectivity index (χ1) is 9.99. The number of rotatable bonds is 6. The molecule has 5 unspecified atom stereocenters. The zero-order valence-electron chi connectivity index (χ0n) is 13.9. The molecule has 5 atom stereocenters. The summed E-state index contributed by atoms with van der Waals surface area (Å²) in [4.78, 5) is 11.8. The van der Waals surface area contributed by atoms with E-state index >= 15 is 0 Å². The fourth-order valence-corrected chi connectivity index (χ4v) is 4.27. The van der Waals surface area contributed by atoms with Crippen LogP contribution < -0.4 is 11.1 Å². The number of hydrogen-bond acceptors (Lipinski definition) is 3. The maximum absolute atomic E-state index is 11.8. The van der Waals surface area contributed by atoms with Gasteiger partial charge in [-0.1, -0.05) is 20.3 Å². The molecule has 4 heteroatoms. The lowest BCUT2D eigenvalue weighted by Gasteiger charge is -2.34. The van der Waals surface area contributed by atoms with E-state index in [2.05, 4.69) is 19.2 Å². The monoisotopic (exact) mass is 296 g/mol. The van der Waals surface area contributed by atoms with E-state index < -0.39 is 5.54 Å². The standard InChI is InChI=1S/C17H32N2O2/c1-12-6-7-15(11-13(12)2)21-10-8-14-5-4-9-17(14,19-3)16(18)20/h12-15,19H,4-11H2,1-3H3,(H2,18,20). The molecule has 0 saturated heterocycles. The van der Waals surface area contributed by atoms with E-state index in [-0.39, 0.29) is 5.91 Å². The molecule has 0 aromatic carbocycles. The minimum absolute atomic E-state index is 0.201. The van der Waals surface area contributed by atoms with Gasteiger partial charge in [0.2, 0.25) is 5.91 Å². The summed E-state index contributed by atoms with van der Waals surface area (Å²) in [6, 6.07) is 0. The van der Waals surface area contributed by atoms with Crippen LogP contribution in [0.2, 0.25) is 0 Å². The van der Waals surface area contributed by atoms with Crippen LogP contribution in [-0.2, 0) is 9.53 Å². The molecule has 0 aromatic rings. The van der Waals surface area contributed by atoms with Gasteiger partial charge in [0.1, 0.15) is 5.54 Å². The van der Waals surface area contributed by atoms with Gasteiger partial charge in [-0.2, -0.15) is 0 Å². The number of ether oxygens (including phenoxy) is 1. The van der Waals surface area contributed by atoms with Crippen LogP contribution in [0.5, 0.6) is 0 Å². The van der Waals surface area contributed by atoms with Gasteiger partial charge in [-0.15, -0.1) is 0 Å². The van der Waals surface area contributed by atoms with E-state index in [4.69, 9.17) is 10.5 Å². The third-order valence-electron chi connectivity index (χ3n) is 6.08. The third-order valence-corrected chi connectivity index (χ3v) is 6.08. The van der Waals surface area contributed by atoms with Crippen molar-refractivity contribution in [2.45, 2.75) is 70.4 Å². The molecule has 1 amide bonds. The fourth-order valence-electron chi connectivity index (χ4n) is 4.27. The van der Waals surface area contributed by atoms with E-state index in [1.54, 1.807) is 0 Å². The summed E-state index contributed by atoms with van der Waals surface area (Å²) in [5, 5.41) is 3.20. The number of hydrogen-bond donors (Lipinski definition) is 2. The van der Waals surface area contributed by atoms with Gasteiger partial charge in [0, 0.05) is 6.61 Å². The second-order valence-electron chi connectivity index (χ2n) is 7.22. The van der Waals surface area contributed by atoms with Gasteiger partial charge in [-0.3, -0.25) is 4.79 Å². The molecule has 21 heavy (non-hydrogen) atoms. The molecule has 0 aromatic heterocycles. The molecule has 0 bridgehead atoms. The largest absolute Gasteiger partial charge is 0.378 e. The number of primary amides is 1. The first kappa shape index (κ1) is 16.8. The summed E-state index contributed by atoms with van der Waals surface area (Å²) in [5.74, 6) is 1.70. The molecule has 0 spiro atoms. The second kappa shape index (κ2) is 7.10. The summed E-state index contributed by atoms with van der Waals surface area (Å²) < 4.78 is 6.10. The highest BCUT2D eigenvalue weighted by Gasteiger charge is 2.46. The number of amides is 1. The van der Waals surface area contributed by atoms with Crippen LogP contribution in [0.3, 0.4) is 0 Å². The first-order valence-corrected chi connectivity index (χ1v) is 8.60. The molecule has 3 N–H and O–H groups in total. The maximum Gasteiger partial charge on any atom is 0.238 e. The molecular weight excluding hydrogens is 264 g/mol. The Labute approximate surface area is 129 Å². The lowest BCUT2D eigenvalue weighted by molar-refractivity contribution is -0.126. The van der Waals surface area contributed by atoms with Crippen LogP contribution in [0.15, 0.2) is 0 Å². The average molecular weight is 296 g/mol. The quantitative estimate of drug-likeness (QED) is 0.791. The van der Waals surface area contributed by atoms with E-state index in [1.165, 1.54) is 19.3 Å². The lowest BCUT2D eigenvalue weighted by atomic mass is 9.80. The van der Waals surface area contributed by atoms with Gasteiger partial charge < -0.3 is 15.8 Å². The van der Waals surface area contributed by atoms with Crippen molar-refractivity contribution in [2.75, 3.05) is 13.7 Å². The Morgan fingerprint density at radius 3 is 2.67 bits per heavy atom. The smallest absolute Gasteiger partial charge is 0.238 e. The molecule has 0 aliphatic heterocycles. The summed E-state index contributed by atoms with van der Waals surface area (Å²) in [7, 11) is 1.86. The van der Waals surface area contributed by atoms with Gasteiger partial charge in [0.15, 0.2) is 0 Å². The van der Waals surface area contributed by atoms with Crippen LogP contribution in [0.1, 0.15) is 58.8 Å². The Balaban J connectivity index is 1.79. The second-order valence-corrected chi connectivity index (χ2v) is 7.22. The normalized spacial score (nSPS) is 40.3. The van der Waals surface area contributed by atoms with Crippen LogP contribution in [0.25, 0.3) is 0 Å². The molecule has 2 saturated carbocycles. The minimum atomic E-state index is -0.502. The Morgan fingerprint density at radius 1 is 1.29 bits per heavy atom. The van der Waals surface area contributed by atoms with Crippen LogP contribution in [0.4, 0.5) is 0 Å². The number of likely N-dealkylation sites (N-methyl/N-ethyl adjacent to an activating group) is 1. The van der Waals surface area contributed by atoms with Crippen molar-refractivity contribution in [2.24, 2.45) is 23.5 Å². The zero-order valence-corrected chi connectivity index (χ0v) is 13.9. The average Bonchev–Trinajstić information content (AvgIpc) is 2.87. The topological polar surface area (TPSA) is 64.3 Å². The molecule has 2 aliphatic carbocycles. The van der Waals surface area contributed by atoms with Gasteiger partial charge in [0.25, 0.3) is 0 Å². The Kier molecular flexibility index (Phi) is 5.67. The fraction of sp³-hybridized carbons (Fsp3) is 0.941. The van der Waals surface area contributed by atoms with Gasteiger partial charge in [-0.05, 0) is 63.3 Å². The lowest BCUT2D eigenvalue weighted by Crippen LogP contribution is -2.56. The minimum Gasteiger partial charge on any atom is -0.378 e. The third kappa shape index (κ3) is 3.59. The van der Waals surface area contributed by atoms with E-state index in [0.717, 1.165) is 44.1 Å². The Hall–Kier alpha value is -0.610. The van der Waals surface area contributed by atoms with Crippen molar-refractivity contribution in [1.29, 1.82) is 0 Å². The summed E-state index contributed by atoms with van der Waals surface area (Å²) in [5.41, 5.74) is 5.14. The number of carbonyl (C=O) groups is 1. The summed E-state index contributed by atoms with van der Waals surface area (Å²) in [6.45, 7) is 5.43. The van der Waals surface area contributed by atoms with Crippen LogP contribution in [-0.4, -0.2) is 31.2 Å². The zero-order chi connectivity index (χ0) is 15.5. The number of carbonyl (C=O) groups excluding carboxylic acids is 1. The predicted octanol–water partition coefficient (Wildman–Crippen LogP) is 2.46. The SMILES string of the molecule is CNC1(C(N)=O)CCCC1CCOC1CCC(C)C(C)C1. The molecule has 4 nitrogen and oxygen atoms in total.